The van der Waals surface area contributed by atoms with Crippen molar-refractivity contribution in [3.05, 3.63) is 41.5 Å². The van der Waals surface area contributed by atoms with Crippen LogP contribution in [-0.2, 0) is 4.79 Å². The third-order valence-electron chi connectivity index (χ3n) is 4.33. The number of hydrogen-bond donors (Lipinski definition) is 1. The molecule has 1 aromatic carbocycles. The number of aryl methyl sites for hydroxylation is 1. The molecule has 4 heteroatoms. The van der Waals surface area contributed by atoms with Gasteiger partial charge in [-0.05, 0) is 58.2 Å². The van der Waals surface area contributed by atoms with E-state index in [1.807, 2.05) is 36.2 Å². The quantitative estimate of drug-likeness (QED) is 0.706. The van der Waals surface area contributed by atoms with Crippen LogP contribution in [0.3, 0.4) is 0 Å². The molecular formula is C20H30N2O2. The first-order chi connectivity index (χ1) is 11.6. The molecule has 1 amide bonds. The van der Waals surface area contributed by atoms with Crippen LogP contribution in [0.25, 0.3) is 0 Å². The number of allylic oxidation sites excluding steroid dienone is 1. The molecule has 0 heterocycles. The first kappa shape index (κ1) is 18.5. The van der Waals surface area contributed by atoms with E-state index in [0.717, 1.165) is 25.3 Å². The second-order valence-corrected chi connectivity index (χ2v) is 6.61. The Balaban J connectivity index is 1.55. The van der Waals surface area contributed by atoms with Gasteiger partial charge in [0.15, 0.2) is 0 Å². The van der Waals surface area contributed by atoms with Crippen LogP contribution in [0.15, 0.2) is 35.9 Å². The summed E-state index contributed by atoms with van der Waals surface area (Å²) in [6.45, 7) is 4.53. The van der Waals surface area contributed by atoms with Crippen molar-refractivity contribution in [1.82, 2.24) is 10.2 Å². The second kappa shape index (κ2) is 10.1. The Labute approximate surface area is 145 Å². The number of nitrogens with one attached hydrogen (secondary N) is 1. The minimum absolute atomic E-state index is 0.0873. The van der Waals surface area contributed by atoms with Crippen molar-refractivity contribution in [2.75, 3.05) is 33.3 Å². The molecule has 1 aromatic rings. The van der Waals surface area contributed by atoms with E-state index in [0.29, 0.717) is 13.2 Å². The maximum absolute atomic E-state index is 12.0. The highest BCUT2D eigenvalue weighted by Crippen LogP contribution is 2.19. The molecule has 132 valence electrons. The number of benzene rings is 1. The second-order valence-electron chi connectivity index (χ2n) is 6.61. The Morgan fingerprint density at radius 1 is 1.25 bits per heavy atom. The number of nitrogens with zero attached hydrogens (tertiary/aromatic N) is 1. The summed E-state index contributed by atoms with van der Waals surface area (Å²) in [6.07, 6.45) is 8.34. The van der Waals surface area contributed by atoms with Gasteiger partial charge < -0.3 is 10.1 Å². The van der Waals surface area contributed by atoms with Crippen LogP contribution in [-0.4, -0.2) is 44.1 Å². The normalized spacial score (nSPS) is 14.4. The molecule has 0 fully saturated rings. The Hall–Kier alpha value is -1.81. The largest absolute Gasteiger partial charge is 0.492 e. The van der Waals surface area contributed by atoms with Gasteiger partial charge in [0, 0.05) is 13.1 Å². The first-order valence-corrected chi connectivity index (χ1v) is 8.96. The smallest absolute Gasteiger partial charge is 0.234 e. The summed E-state index contributed by atoms with van der Waals surface area (Å²) in [6, 6.07) is 8.02. The van der Waals surface area contributed by atoms with E-state index in [-0.39, 0.29) is 5.91 Å². The predicted octanol–water partition coefficient (Wildman–Crippen LogP) is 3.31. The van der Waals surface area contributed by atoms with Gasteiger partial charge in [-0.25, -0.2) is 0 Å². The average Bonchev–Trinajstić information content (AvgIpc) is 2.57. The topological polar surface area (TPSA) is 41.6 Å². The zero-order valence-electron chi connectivity index (χ0n) is 15.0. The standard InChI is InChI=1S/C20H30N2O2/c1-17-8-10-19(11-9-17)24-15-14-22(2)16-20(23)21-13-12-18-6-4-3-5-7-18/h6,8-11H,3-5,7,12-16H2,1-2H3,(H,21,23). The number of ether oxygens (including phenoxy) is 1. The SMILES string of the molecule is Cc1ccc(OCCN(C)CC(=O)NCCC2=CCCCC2)cc1. The van der Waals surface area contributed by atoms with Gasteiger partial charge in [0.1, 0.15) is 12.4 Å². The van der Waals surface area contributed by atoms with Crippen molar-refractivity contribution in [3.8, 4) is 5.75 Å². The summed E-state index contributed by atoms with van der Waals surface area (Å²) in [5.41, 5.74) is 2.72. The lowest BCUT2D eigenvalue weighted by atomic mass is 9.97. The number of hydrogen-bond acceptors (Lipinski definition) is 3. The lowest BCUT2D eigenvalue weighted by Gasteiger charge is -2.17. The highest BCUT2D eigenvalue weighted by atomic mass is 16.5. The van der Waals surface area contributed by atoms with Gasteiger partial charge in [0.2, 0.25) is 5.91 Å². The molecule has 24 heavy (non-hydrogen) atoms. The van der Waals surface area contributed by atoms with Gasteiger partial charge in [0.25, 0.3) is 0 Å². The average molecular weight is 330 g/mol. The van der Waals surface area contributed by atoms with Crippen molar-refractivity contribution in [2.24, 2.45) is 0 Å². The molecule has 0 bridgehead atoms. The molecule has 0 atom stereocenters. The fraction of sp³-hybridized carbons (Fsp3) is 0.550. The molecule has 1 aliphatic rings. The van der Waals surface area contributed by atoms with E-state index in [4.69, 9.17) is 4.74 Å². The first-order valence-electron chi connectivity index (χ1n) is 8.96. The zero-order chi connectivity index (χ0) is 17.2. The summed E-state index contributed by atoms with van der Waals surface area (Å²) < 4.78 is 5.69. The Kier molecular flexibility index (Phi) is 7.83. The van der Waals surface area contributed by atoms with Crippen LogP contribution in [0.2, 0.25) is 0 Å². The molecule has 0 saturated heterocycles. The Morgan fingerprint density at radius 3 is 2.75 bits per heavy atom. The zero-order valence-corrected chi connectivity index (χ0v) is 15.0. The van der Waals surface area contributed by atoms with E-state index in [2.05, 4.69) is 18.3 Å². The van der Waals surface area contributed by atoms with E-state index in [9.17, 15) is 4.79 Å². The van der Waals surface area contributed by atoms with Crippen LogP contribution in [0.4, 0.5) is 0 Å². The Morgan fingerprint density at radius 2 is 2.04 bits per heavy atom. The van der Waals surface area contributed by atoms with Crippen molar-refractivity contribution < 1.29 is 9.53 Å². The van der Waals surface area contributed by atoms with E-state index < -0.39 is 0 Å². The third kappa shape index (κ3) is 7.18. The summed E-state index contributed by atoms with van der Waals surface area (Å²) in [7, 11) is 1.95. The minimum atomic E-state index is 0.0873. The van der Waals surface area contributed by atoms with E-state index >= 15 is 0 Å². The number of carbonyl (C=O) groups excluding carboxylic acids is 1. The van der Waals surface area contributed by atoms with Crippen LogP contribution in [0.1, 0.15) is 37.7 Å². The molecule has 0 radical (unpaired) electrons. The molecule has 4 nitrogen and oxygen atoms in total. The number of carbonyl (C=O) groups is 1. The summed E-state index contributed by atoms with van der Waals surface area (Å²) in [5.74, 6) is 0.962. The Bertz CT molecular complexity index is 537. The lowest BCUT2D eigenvalue weighted by Crippen LogP contribution is -2.37. The van der Waals surface area contributed by atoms with Crippen LogP contribution < -0.4 is 10.1 Å². The number of rotatable bonds is 9. The molecular weight excluding hydrogens is 300 g/mol. The van der Waals surface area contributed by atoms with Crippen LogP contribution >= 0.6 is 0 Å². The minimum Gasteiger partial charge on any atom is -0.492 e. The molecule has 2 rings (SSSR count). The van der Waals surface area contributed by atoms with Gasteiger partial charge in [-0.1, -0.05) is 29.3 Å². The summed E-state index contributed by atoms with van der Waals surface area (Å²) in [5, 5.41) is 3.01. The monoisotopic (exact) mass is 330 g/mol. The van der Waals surface area contributed by atoms with Crippen molar-refractivity contribution >= 4 is 5.91 Å². The predicted molar refractivity (Wildman–Crippen MR) is 98.3 cm³/mol. The lowest BCUT2D eigenvalue weighted by molar-refractivity contribution is -0.121. The van der Waals surface area contributed by atoms with Gasteiger partial charge >= 0.3 is 0 Å². The van der Waals surface area contributed by atoms with Gasteiger partial charge in [-0.3, -0.25) is 9.69 Å². The maximum atomic E-state index is 12.0. The van der Waals surface area contributed by atoms with Gasteiger partial charge in [0.05, 0.1) is 6.54 Å². The van der Waals surface area contributed by atoms with E-state index in [1.165, 1.54) is 36.8 Å². The van der Waals surface area contributed by atoms with Gasteiger partial charge in [-0.2, -0.15) is 0 Å². The molecule has 1 N–H and O–H groups in total. The summed E-state index contributed by atoms with van der Waals surface area (Å²) >= 11 is 0. The number of amides is 1. The maximum Gasteiger partial charge on any atom is 0.234 e. The summed E-state index contributed by atoms with van der Waals surface area (Å²) in [4.78, 5) is 13.9. The third-order valence-corrected chi connectivity index (χ3v) is 4.33. The molecule has 0 spiro atoms. The highest BCUT2D eigenvalue weighted by molar-refractivity contribution is 5.77. The van der Waals surface area contributed by atoms with Crippen molar-refractivity contribution in [2.45, 2.75) is 39.0 Å². The molecule has 0 saturated carbocycles. The van der Waals surface area contributed by atoms with Crippen molar-refractivity contribution in [3.63, 3.8) is 0 Å². The van der Waals surface area contributed by atoms with Crippen molar-refractivity contribution in [1.29, 1.82) is 0 Å². The van der Waals surface area contributed by atoms with Gasteiger partial charge in [-0.15, -0.1) is 0 Å². The fourth-order valence-corrected chi connectivity index (χ4v) is 2.83. The van der Waals surface area contributed by atoms with Crippen LogP contribution in [0.5, 0.6) is 5.75 Å². The number of likely N-dealkylation sites (N-methyl/N-ethyl adjacent to an activating group) is 1. The molecule has 0 unspecified atom stereocenters. The highest BCUT2D eigenvalue weighted by Gasteiger charge is 2.08. The molecule has 0 aliphatic heterocycles. The van der Waals surface area contributed by atoms with E-state index in [1.54, 1.807) is 0 Å². The molecule has 0 aromatic heterocycles. The van der Waals surface area contributed by atoms with Crippen LogP contribution in [0, 0.1) is 6.92 Å². The fourth-order valence-electron chi connectivity index (χ4n) is 2.83. The molecule has 1 aliphatic carbocycles.